The highest BCUT2D eigenvalue weighted by Gasteiger charge is 2.22. The lowest BCUT2D eigenvalue weighted by Gasteiger charge is -2.20. The highest BCUT2D eigenvalue weighted by atomic mass is 35.5. The summed E-state index contributed by atoms with van der Waals surface area (Å²) in [6, 6.07) is 35.5. The maximum Gasteiger partial charge on any atom is 0.270 e. The second kappa shape index (κ2) is 10.9. The zero-order valence-corrected chi connectivity index (χ0v) is 21.6. The lowest BCUT2D eigenvalue weighted by atomic mass is 9.98. The van der Waals surface area contributed by atoms with Gasteiger partial charge in [-0.2, -0.15) is 5.10 Å². The number of aryl methyl sites for hydroxylation is 2. The van der Waals surface area contributed by atoms with Crippen molar-refractivity contribution in [2.45, 2.75) is 26.3 Å². The summed E-state index contributed by atoms with van der Waals surface area (Å²) in [6.07, 6.45) is 0.673. The van der Waals surface area contributed by atoms with Crippen LogP contribution in [0.2, 0.25) is 5.02 Å². The first kappa shape index (κ1) is 24.5. The lowest BCUT2D eigenvalue weighted by Crippen LogP contribution is -2.31. The van der Waals surface area contributed by atoms with Gasteiger partial charge in [-0.1, -0.05) is 90.5 Å². The predicted molar refractivity (Wildman–Crippen MR) is 150 cm³/mol. The zero-order valence-electron chi connectivity index (χ0n) is 20.9. The molecule has 0 aliphatic rings. The molecular formula is C32H28ClN3O. The minimum atomic E-state index is -0.205. The topological polar surface area (TPSA) is 46.9 Å². The van der Waals surface area contributed by atoms with E-state index in [0.29, 0.717) is 17.1 Å². The number of halogens is 1. The average Bonchev–Trinajstić information content (AvgIpc) is 3.37. The Morgan fingerprint density at radius 1 is 0.838 bits per heavy atom. The molecule has 0 fully saturated rings. The van der Waals surface area contributed by atoms with Gasteiger partial charge in [0.2, 0.25) is 0 Å². The van der Waals surface area contributed by atoms with Gasteiger partial charge in [-0.15, -0.1) is 0 Å². The molecule has 1 amide bonds. The molecule has 0 saturated heterocycles. The Kier molecular flexibility index (Phi) is 7.20. The van der Waals surface area contributed by atoms with Crippen molar-refractivity contribution in [2.75, 3.05) is 0 Å². The fourth-order valence-electron chi connectivity index (χ4n) is 4.41. The van der Waals surface area contributed by atoms with Crippen molar-refractivity contribution in [1.82, 2.24) is 15.1 Å². The second-order valence-corrected chi connectivity index (χ2v) is 9.67. The van der Waals surface area contributed by atoms with Gasteiger partial charge in [-0.3, -0.25) is 4.79 Å². The summed E-state index contributed by atoms with van der Waals surface area (Å²) in [6.45, 7) is 4.16. The molecule has 0 aliphatic carbocycles. The Labute approximate surface area is 222 Å². The number of aromatic nitrogens is 2. The van der Waals surface area contributed by atoms with Crippen LogP contribution in [-0.2, 0) is 6.42 Å². The first-order valence-electron chi connectivity index (χ1n) is 12.3. The summed E-state index contributed by atoms with van der Waals surface area (Å²) in [5, 5.41) is 8.70. The molecule has 37 heavy (non-hydrogen) atoms. The number of rotatable bonds is 7. The molecule has 1 aromatic heterocycles. The number of hydrogen-bond acceptors (Lipinski definition) is 2. The number of carbonyl (C=O) groups is 1. The van der Waals surface area contributed by atoms with Crippen molar-refractivity contribution in [3.8, 4) is 16.9 Å². The molecule has 0 aliphatic heterocycles. The van der Waals surface area contributed by atoms with Crippen molar-refractivity contribution in [2.24, 2.45) is 0 Å². The van der Waals surface area contributed by atoms with Crippen LogP contribution in [0.4, 0.5) is 0 Å². The van der Waals surface area contributed by atoms with E-state index >= 15 is 0 Å². The number of nitrogens with zero attached hydrogens (tertiary/aromatic N) is 2. The number of carbonyl (C=O) groups excluding carboxylic acids is 1. The van der Waals surface area contributed by atoms with Crippen molar-refractivity contribution < 1.29 is 4.79 Å². The average molecular weight is 506 g/mol. The third-order valence-electron chi connectivity index (χ3n) is 6.59. The maximum absolute atomic E-state index is 13.9. The highest BCUT2D eigenvalue weighted by Crippen LogP contribution is 2.26. The third kappa shape index (κ3) is 5.65. The Morgan fingerprint density at radius 2 is 1.57 bits per heavy atom. The number of nitrogens with one attached hydrogen (secondary N) is 1. The molecule has 0 bridgehead atoms. The quantitative estimate of drug-likeness (QED) is 0.248. The molecule has 1 N–H and O–H groups in total. The Morgan fingerprint density at radius 3 is 2.27 bits per heavy atom. The van der Waals surface area contributed by atoms with Crippen molar-refractivity contribution in [3.63, 3.8) is 0 Å². The van der Waals surface area contributed by atoms with Crippen molar-refractivity contribution in [1.29, 1.82) is 0 Å². The standard InChI is InChI=1S/C32H28ClN3O/c1-22-16-17-26(18-23(22)2)30-21-31(36(35-30)28-15-9-14-27(33)20-28)32(37)34-29(25-12-7-4-8-13-25)19-24-10-5-3-6-11-24/h3-18,20-21,29H,19H2,1-2H3,(H,34,37). The van der Waals surface area contributed by atoms with E-state index in [2.05, 4.69) is 43.4 Å². The molecule has 5 heteroatoms. The van der Waals surface area contributed by atoms with Gasteiger partial charge in [0.25, 0.3) is 5.91 Å². The molecule has 0 saturated carbocycles. The van der Waals surface area contributed by atoms with Crippen LogP contribution in [0.25, 0.3) is 16.9 Å². The van der Waals surface area contributed by atoms with Gasteiger partial charge in [0, 0.05) is 10.6 Å². The summed E-state index contributed by atoms with van der Waals surface area (Å²) in [5.74, 6) is -0.202. The van der Waals surface area contributed by atoms with E-state index in [9.17, 15) is 4.79 Å². The number of amides is 1. The lowest BCUT2D eigenvalue weighted by molar-refractivity contribution is 0.0928. The molecule has 4 nitrogen and oxygen atoms in total. The van der Waals surface area contributed by atoms with Crippen LogP contribution in [0.1, 0.15) is 38.8 Å². The summed E-state index contributed by atoms with van der Waals surface area (Å²) in [7, 11) is 0. The van der Waals surface area contributed by atoms with E-state index in [1.54, 1.807) is 4.68 Å². The van der Waals surface area contributed by atoms with Crippen LogP contribution < -0.4 is 5.32 Å². The number of hydrogen-bond donors (Lipinski definition) is 1. The van der Waals surface area contributed by atoms with E-state index in [1.165, 1.54) is 11.1 Å². The molecule has 1 heterocycles. The minimum absolute atomic E-state index is 0.202. The van der Waals surface area contributed by atoms with Crippen LogP contribution in [0, 0.1) is 13.8 Å². The first-order chi connectivity index (χ1) is 18.0. The summed E-state index contributed by atoms with van der Waals surface area (Å²) in [5.41, 5.74) is 7.44. The molecule has 1 atom stereocenters. The van der Waals surface area contributed by atoms with Crippen LogP contribution in [0.15, 0.2) is 109 Å². The summed E-state index contributed by atoms with van der Waals surface area (Å²) < 4.78 is 1.68. The molecular weight excluding hydrogens is 478 g/mol. The predicted octanol–water partition coefficient (Wildman–Crippen LogP) is 7.52. The van der Waals surface area contributed by atoms with Crippen molar-refractivity contribution in [3.05, 3.63) is 142 Å². The Bertz CT molecular complexity index is 1530. The normalized spacial score (nSPS) is 11.8. The zero-order chi connectivity index (χ0) is 25.8. The third-order valence-corrected chi connectivity index (χ3v) is 6.82. The molecule has 1 unspecified atom stereocenters. The van der Waals surface area contributed by atoms with Gasteiger partial charge in [-0.25, -0.2) is 4.68 Å². The highest BCUT2D eigenvalue weighted by molar-refractivity contribution is 6.30. The SMILES string of the molecule is Cc1ccc(-c2cc(C(=O)NC(Cc3ccccc3)c3ccccc3)n(-c3cccc(Cl)c3)n2)cc1C. The van der Waals surface area contributed by atoms with E-state index in [-0.39, 0.29) is 11.9 Å². The van der Waals surface area contributed by atoms with Gasteiger partial charge in [0.05, 0.1) is 17.4 Å². The molecule has 5 aromatic rings. The smallest absolute Gasteiger partial charge is 0.270 e. The first-order valence-corrected chi connectivity index (χ1v) is 12.7. The van der Waals surface area contributed by atoms with E-state index in [1.807, 2.05) is 84.9 Å². The molecule has 184 valence electrons. The van der Waals surface area contributed by atoms with Gasteiger partial charge >= 0.3 is 0 Å². The summed E-state index contributed by atoms with van der Waals surface area (Å²) >= 11 is 6.30. The van der Waals surface area contributed by atoms with Crippen molar-refractivity contribution >= 4 is 17.5 Å². The fourth-order valence-corrected chi connectivity index (χ4v) is 4.59. The monoisotopic (exact) mass is 505 g/mol. The molecule has 4 aromatic carbocycles. The van der Waals surface area contributed by atoms with Gasteiger partial charge in [0.1, 0.15) is 5.69 Å². The largest absolute Gasteiger partial charge is 0.344 e. The van der Waals surface area contributed by atoms with Crippen LogP contribution in [-0.4, -0.2) is 15.7 Å². The molecule has 0 spiro atoms. The number of benzene rings is 4. The Hall–Kier alpha value is -4.15. The van der Waals surface area contributed by atoms with E-state index < -0.39 is 0 Å². The fraction of sp³-hybridized carbons (Fsp3) is 0.125. The summed E-state index contributed by atoms with van der Waals surface area (Å²) in [4.78, 5) is 13.9. The van der Waals surface area contributed by atoms with Crippen LogP contribution in [0.5, 0.6) is 0 Å². The molecule has 5 rings (SSSR count). The van der Waals surface area contributed by atoms with Gasteiger partial charge in [0.15, 0.2) is 0 Å². The maximum atomic E-state index is 13.9. The second-order valence-electron chi connectivity index (χ2n) is 9.23. The van der Waals surface area contributed by atoms with Crippen LogP contribution >= 0.6 is 11.6 Å². The van der Waals surface area contributed by atoms with E-state index in [4.69, 9.17) is 16.7 Å². The van der Waals surface area contributed by atoms with Gasteiger partial charge in [-0.05, 0) is 72.9 Å². The van der Waals surface area contributed by atoms with Crippen LogP contribution in [0.3, 0.4) is 0 Å². The van der Waals surface area contributed by atoms with Gasteiger partial charge < -0.3 is 5.32 Å². The Balaban J connectivity index is 1.54. The minimum Gasteiger partial charge on any atom is -0.344 e. The molecule has 0 radical (unpaired) electrons. The van der Waals surface area contributed by atoms with E-state index in [0.717, 1.165) is 28.1 Å².